The highest BCUT2D eigenvalue weighted by molar-refractivity contribution is 6.08. The van der Waals surface area contributed by atoms with E-state index in [-0.39, 0.29) is 17.0 Å². The normalized spacial score (nSPS) is 11.0. The summed E-state index contributed by atoms with van der Waals surface area (Å²) in [5.74, 6) is -0.606. The fraction of sp³-hybridized carbons (Fsp3) is 0.143. The summed E-state index contributed by atoms with van der Waals surface area (Å²) in [6, 6.07) is 10.2. The lowest BCUT2D eigenvalue weighted by Crippen LogP contribution is -2.17. The molecule has 0 saturated heterocycles. The van der Waals surface area contributed by atoms with Crippen LogP contribution in [0.15, 0.2) is 54.6 Å². The average Bonchev–Trinajstić information content (AvgIpc) is 2.64. The van der Waals surface area contributed by atoms with Crippen molar-refractivity contribution in [3.63, 3.8) is 0 Å². The Bertz CT molecular complexity index is 883. The largest absolute Gasteiger partial charge is 0.496 e. The smallest absolute Gasteiger partial charge is 0.259 e. The molecule has 0 bridgehead atoms. The molecule has 0 spiro atoms. The number of primary amides is 1. The third-order valence-electron chi connectivity index (χ3n) is 3.93. The van der Waals surface area contributed by atoms with Crippen molar-refractivity contribution in [3.05, 3.63) is 76.9 Å². The van der Waals surface area contributed by atoms with E-state index in [1.54, 1.807) is 6.07 Å². The second-order valence-corrected chi connectivity index (χ2v) is 5.64. The Labute approximate surface area is 153 Å². The fourth-order valence-electron chi connectivity index (χ4n) is 2.47. The molecule has 2 aromatic rings. The van der Waals surface area contributed by atoms with E-state index >= 15 is 0 Å². The quantitative estimate of drug-likeness (QED) is 0.774. The Balaban J connectivity index is 2.34. The van der Waals surface area contributed by atoms with E-state index < -0.39 is 5.91 Å². The van der Waals surface area contributed by atoms with Crippen LogP contribution in [-0.2, 0) is 0 Å². The molecule has 0 fully saturated rings. The van der Waals surface area contributed by atoms with Gasteiger partial charge in [0.2, 0.25) is 5.91 Å². The molecule has 0 saturated carbocycles. The number of allylic oxidation sites excluding steroid dienone is 3. The molecule has 0 atom stereocenters. The first-order valence-electron chi connectivity index (χ1n) is 8.16. The molecule has 5 nitrogen and oxygen atoms in total. The molecule has 2 aromatic carbocycles. The second-order valence-electron chi connectivity index (χ2n) is 5.64. The summed E-state index contributed by atoms with van der Waals surface area (Å²) in [4.78, 5) is 24.1. The molecular weight excluding hydrogens is 328 g/mol. The number of methoxy groups -OCH3 is 1. The van der Waals surface area contributed by atoms with Crippen molar-refractivity contribution < 1.29 is 14.3 Å². The molecule has 26 heavy (non-hydrogen) atoms. The molecule has 0 aliphatic rings. The lowest BCUT2D eigenvalue weighted by atomic mass is 10.0. The van der Waals surface area contributed by atoms with Crippen molar-refractivity contribution in [2.45, 2.75) is 13.8 Å². The van der Waals surface area contributed by atoms with Crippen molar-refractivity contribution in [3.8, 4) is 5.75 Å². The predicted molar refractivity (Wildman–Crippen MR) is 104 cm³/mol. The van der Waals surface area contributed by atoms with Crippen LogP contribution in [0.25, 0.3) is 6.08 Å². The maximum Gasteiger partial charge on any atom is 0.259 e. The Morgan fingerprint density at radius 1 is 1.15 bits per heavy atom. The molecule has 2 rings (SSSR count). The van der Waals surface area contributed by atoms with E-state index in [1.807, 2.05) is 56.4 Å². The third-order valence-corrected chi connectivity index (χ3v) is 3.93. The van der Waals surface area contributed by atoms with Crippen LogP contribution in [0.3, 0.4) is 0 Å². The number of carbonyl (C=O) groups is 2. The monoisotopic (exact) mass is 350 g/mol. The zero-order valence-electron chi connectivity index (χ0n) is 15.1. The van der Waals surface area contributed by atoms with Gasteiger partial charge in [0.1, 0.15) is 5.75 Å². The first kappa shape index (κ1) is 19.0. The number of nitrogens with two attached hydrogens (primary N) is 1. The Morgan fingerprint density at radius 2 is 1.92 bits per heavy atom. The predicted octanol–water partition coefficient (Wildman–Crippen LogP) is 3.94. The van der Waals surface area contributed by atoms with Crippen LogP contribution in [-0.4, -0.2) is 18.9 Å². The number of anilines is 1. The number of rotatable bonds is 6. The maximum absolute atomic E-state index is 12.7. The lowest BCUT2D eigenvalue weighted by Gasteiger charge is -2.13. The summed E-state index contributed by atoms with van der Waals surface area (Å²) in [7, 11) is 1.47. The van der Waals surface area contributed by atoms with Gasteiger partial charge in [-0.2, -0.15) is 0 Å². The molecule has 0 aromatic heterocycles. The average molecular weight is 350 g/mol. The van der Waals surface area contributed by atoms with E-state index in [0.717, 1.165) is 11.1 Å². The molecule has 0 radical (unpaired) electrons. The number of amides is 2. The Kier molecular flexibility index (Phi) is 6.33. The minimum absolute atomic E-state index is 0.246. The standard InChI is InChI=1S/C21H22N2O3/c1-4-5-6-8-15-9-7-10-18(14(15)2)23-21(25)17-13-16(20(22)24)11-12-19(17)26-3/h4-13H,1-3H3,(H2,22,24)(H,23,25)/b5-4-,8-6-. The molecule has 2 amide bonds. The summed E-state index contributed by atoms with van der Waals surface area (Å²) < 4.78 is 5.23. The minimum Gasteiger partial charge on any atom is -0.496 e. The number of hydrogen-bond donors (Lipinski definition) is 2. The number of benzene rings is 2. The lowest BCUT2D eigenvalue weighted by molar-refractivity contribution is 0.1000. The van der Waals surface area contributed by atoms with Gasteiger partial charge in [-0.15, -0.1) is 0 Å². The van der Waals surface area contributed by atoms with Gasteiger partial charge in [0.05, 0.1) is 12.7 Å². The highest BCUT2D eigenvalue weighted by Gasteiger charge is 2.16. The van der Waals surface area contributed by atoms with E-state index in [1.165, 1.54) is 19.2 Å². The van der Waals surface area contributed by atoms with Crippen molar-refractivity contribution in [1.82, 2.24) is 0 Å². The van der Waals surface area contributed by atoms with Gasteiger partial charge in [-0.05, 0) is 49.2 Å². The van der Waals surface area contributed by atoms with Gasteiger partial charge in [0, 0.05) is 11.3 Å². The van der Waals surface area contributed by atoms with Crippen LogP contribution in [0.2, 0.25) is 0 Å². The first-order valence-corrected chi connectivity index (χ1v) is 8.16. The zero-order chi connectivity index (χ0) is 19.1. The molecule has 5 heteroatoms. The van der Waals surface area contributed by atoms with Gasteiger partial charge in [-0.25, -0.2) is 0 Å². The van der Waals surface area contributed by atoms with Gasteiger partial charge < -0.3 is 15.8 Å². The number of ether oxygens (including phenoxy) is 1. The van der Waals surface area contributed by atoms with Gasteiger partial charge in [0.15, 0.2) is 0 Å². The molecule has 0 aliphatic heterocycles. The van der Waals surface area contributed by atoms with Crippen molar-refractivity contribution in [1.29, 1.82) is 0 Å². The fourth-order valence-corrected chi connectivity index (χ4v) is 2.47. The van der Waals surface area contributed by atoms with E-state index in [2.05, 4.69) is 5.32 Å². The van der Waals surface area contributed by atoms with Crippen LogP contribution in [0.5, 0.6) is 5.75 Å². The van der Waals surface area contributed by atoms with E-state index in [9.17, 15) is 9.59 Å². The molecule has 0 heterocycles. The zero-order valence-corrected chi connectivity index (χ0v) is 15.1. The maximum atomic E-state index is 12.7. The Morgan fingerprint density at radius 3 is 2.58 bits per heavy atom. The highest BCUT2D eigenvalue weighted by Crippen LogP contribution is 2.24. The van der Waals surface area contributed by atoms with Gasteiger partial charge in [-0.3, -0.25) is 9.59 Å². The van der Waals surface area contributed by atoms with Gasteiger partial charge in [-0.1, -0.05) is 36.4 Å². The van der Waals surface area contributed by atoms with Gasteiger partial charge >= 0.3 is 0 Å². The molecule has 0 unspecified atom stereocenters. The molecular formula is C21H22N2O3. The number of hydrogen-bond acceptors (Lipinski definition) is 3. The summed E-state index contributed by atoms with van der Waals surface area (Å²) in [6.07, 6.45) is 7.78. The number of nitrogens with one attached hydrogen (secondary N) is 1. The van der Waals surface area contributed by atoms with Crippen LogP contribution in [0.1, 0.15) is 38.8 Å². The van der Waals surface area contributed by atoms with E-state index in [4.69, 9.17) is 10.5 Å². The third kappa shape index (κ3) is 4.39. The van der Waals surface area contributed by atoms with Crippen LogP contribution < -0.4 is 15.8 Å². The topological polar surface area (TPSA) is 81.4 Å². The molecule has 134 valence electrons. The highest BCUT2D eigenvalue weighted by atomic mass is 16.5. The van der Waals surface area contributed by atoms with Crippen LogP contribution in [0.4, 0.5) is 5.69 Å². The van der Waals surface area contributed by atoms with Crippen molar-refractivity contribution in [2.75, 3.05) is 12.4 Å². The molecule has 3 N–H and O–H groups in total. The second kappa shape index (κ2) is 8.67. The minimum atomic E-state index is -0.603. The summed E-state index contributed by atoms with van der Waals surface area (Å²) >= 11 is 0. The summed E-state index contributed by atoms with van der Waals surface area (Å²) in [6.45, 7) is 3.88. The summed E-state index contributed by atoms with van der Waals surface area (Å²) in [5.41, 5.74) is 8.42. The van der Waals surface area contributed by atoms with Crippen molar-refractivity contribution in [2.24, 2.45) is 5.73 Å². The number of carbonyl (C=O) groups excluding carboxylic acids is 2. The Hall–Kier alpha value is -3.34. The van der Waals surface area contributed by atoms with E-state index in [0.29, 0.717) is 11.4 Å². The molecule has 0 aliphatic carbocycles. The van der Waals surface area contributed by atoms with Crippen LogP contribution >= 0.6 is 0 Å². The summed E-state index contributed by atoms with van der Waals surface area (Å²) in [5, 5.41) is 2.88. The van der Waals surface area contributed by atoms with Crippen LogP contribution in [0, 0.1) is 6.92 Å². The van der Waals surface area contributed by atoms with Gasteiger partial charge in [0.25, 0.3) is 5.91 Å². The first-order chi connectivity index (χ1) is 12.5. The SMILES string of the molecule is C/C=C\C=C/c1cccc(NC(=O)c2cc(C(N)=O)ccc2OC)c1C. The van der Waals surface area contributed by atoms with Crippen molar-refractivity contribution >= 4 is 23.6 Å².